The van der Waals surface area contributed by atoms with E-state index in [-0.39, 0.29) is 11.9 Å². The van der Waals surface area contributed by atoms with Gasteiger partial charge in [-0.2, -0.15) is 0 Å². The van der Waals surface area contributed by atoms with Crippen LogP contribution in [0.2, 0.25) is 5.02 Å². The lowest BCUT2D eigenvalue weighted by Gasteiger charge is -2.25. The second-order valence-corrected chi connectivity index (χ2v) is 6.01. The van der Waals surface area contributed by atoms with Crippen LogP contribution in [0.25, 0.3) is 0 Å². The minimum Gasteiger partial charge on any atom is -0.354 e. The molecule has 2 N–H and O–H groups in total. The highest BCUT2D eigenvalue weighted by Crippen LogP contribution is 2.16. The molecule has 114 valence electrons. The number of nitrogens with one attached hydrogen (secondary N) is 2. The van der Waals surface area contributed by atoms with Gasteiger partial charge in [0.15, 0.2) is 0 Å². The number of amides is 1. The van der Waals surface area contributed by atoms with Crippen molar-refractivity contribution in [2.24, 2.45) is 0 Å². The van der Waals surface area contributed by atoms with E-state index in [1.165, 1.54) is 16.7 Å². The van der Waals surface area contributed by atoms with E-state index in [1.807, 2.05) is 36.4 Å². The molecule has 22 heavy (non-hydrogen) atoms. The molecule has 0 spiro atoms. The van der Waals surface area contributed by atoms with Crippen molar-refractivity contribution in [1.82, 2.24) is 10.6 Å². The van der Waals surface area contributed by atoms with Gasteiger partial charge in [0, 0.05) is 18.1 Å². The molecule has 1 atom stereocenters. The van der Waals surface area contributed by atoms with Gasteiger partial charge in [0.25, 0.3) is 0 Å². The van der Waals surface area contributed by atoms with Crippen LogP contribution < -0.4 is 10.6 Å². The fourth-order valence-corrected chi connectivity index (χ4v) is 2.87. The highest BCUT2D eigenvalue weighted by atomic mass is 35.5. The van der Waals surface area contributed by atoms with E-state index in [2.05, 4.69) is 22.8 Å². The summed E-state index contributed by atoms with van der Waals surface area (Å²) in [5, 5.41) is 7.05. The number of fused-ring (bicyclic) bond motifs is 1. The molecule has 1 aliphatic rings. The second-order valence-electron chi connectivity index (χ2n) is 5.57. The average molecular weight is 315 g/mol. The van der Waals surface area contributed by atoms with E-state index in [9.17, 15) is 4.79 Å². The van der Waals surface area contributed by atoms with Crippen LogP contribution in [0.1, 0.15) is 16.7 Å². The first kappa shape index (κ1) is 15.1. The monoisotopic (exact) mass is 314 g/mol. The fraction of sp³-hybridized carbons (Fsp3) is 0.278. The Morgan fingerprint density at radius 2 is 1.86 bits per heavy atom. The van der Waals surface area contributed by atoms with Crippen LogP contribution in [0.3, 0.4) is 0 Å². The average Bonchev–Trinajstić information content (AvgIpc) is 2.56. The third kappa shape index (κ3) is 3.67. The van der Waals surface area contributed by atoms with Gasteiger partial charge in [-0.15, -0.1) is 0 Å². The Kier molecular flexibility index (Phi) is 4.76. The molecule has 2 aromatic carbocycles. The molecule has 0 radical (unpaired) electrons. The minimum absolute atomic E-state index is 0.0727. The third-order valence-electron chi connectivity index (χ3n) is 4.02. The predicted octanol–water partition coefficient (Wildman–Crippen LogP) is 2.71. The molecule has 1 aliphatic heterocycles. The molecule has 0 saturated heterocycles. The van der Waals surface area contributed by atoms with E-state index in [1.54, 1.807) is 0 Å². The van der Waals surface area contributed by atoms with E-state index < -0.39 is 0 Å². The third-order valence-corrected chi connectivity index (χ3v) is 4.28. The SMILES string of the molecule is O=C(NCCc1ccc(Cl)cc1)C1Cc2ccccc2CN1. The molecule has 0 bridgehead atoms. The quantitative estimate of drug-likeness (QED) is 0.911. The highest BCUT2D eigenvalue weighted by Gasteiger charge is 2.23. The van der Waals surface area contributed by atoms with Crippen molar-refractivity contribution in [2.45, 2.75) is 25.4 Å². The van der Waals surface area contributed by atoms with Gasteiger partial charge >= 0.3 is 0 Å². The van der Waals surface area contributed by atoms with E-state index >= 15 is 0 Å². The molecule has 0 saturated carbocycles. The molecule has 1 heterocycles. The first-order valence-electron chi connectivity index (χ1n) is 7.55. The van der Waals surface area contributed by atoms with Gasteiger partial charge in [0.2, 0.25) is 5.91 Å². The number of hydrogen-bond donors (Lipinski definition) is 2. The Labute approximate surface area is 135 Å². The predicted molar refractivity (Wildman–Crippen MR) is 88.9 cm³/mol. The summed E-state index contributed by atoms with van der Waals surface area (Å²) in [5.74, 6) is 0.0727. The first-order chi connectivity index (χ1) is 10.7. The molecule has 1 amide bonds. The number of carbonyl (C=O) groups is 1. The summed E-state index contributed by atoms with van der Waals surface area (Å²) >= 11 is 5.86. The summed E-state index contributed by atoms with van der Waals surface area (Å²) < 4.78 is 0. The topological polar surface area (TPSA) is 41.1 Å². The molecule has 2 aromatic rings. The zero-order valence-electron chi connectivity index (χ0n) is 12.3. The molecule has 0 aliphatic carbocycles. The summed E-state index contributed by atoms with van der Waals surface area (Å²) in [6.07, 6.45) is 1.56. The zero-order chi connectivity index (χ0) is 15.4. The Bertz CT molecular complexity index is 654. The van der Waals surface area contributed by atoms with Crippen LogP contribution >= 0.6 is 11.6 Å². The van der Waals surface area contributed by atoms with Crippen molar-refractivity contribution >= 4 is 17.5 Å². The van der Waals surface area contributed by atoms with Crippen LogP contribution in [0, 0.1) is 0 Å². The lowest BCUT2D eigenvalue weighted by Crippen LogP contribution is -2.48. The van der Waals surface area contributed by atoms with Gasteiger partial charge in [-0.1, -0.05) is 48.0 Å². The Morgan fingerprint density at radius 1 is 1.14 bits per heavy atom. The van der Waals surface area contributed by atoms with Crippen molar-refractivity contribution in [2.75, 3.05) is 6.54 Å². The lowest BCUT2D eigenvalue weighted by molar-refractivity contribution is -0.123. The molecule has 4 heteroatoms. The number of rotatable bonds is 4. The van der Waals surface area contributed by atoms with Crippen molar-refractivity contribution < 1.29 is 4.79 Å². The molecule has 0 fully saturated rings. The summed E-state index contributed by atoms with van der Waals surface area (Å²) in [6, 6.07) is 15.9. The standard InChI is InChI=1S/C18H19ClN2O/c19-16-7-5-13(6-8-16)9-10-20-18(22)17-11-14-3-1-2-4-15(14)12-21-17/h1-8,17,21H,9-12H2,(H,20,22). The maximum absolute atomic E-state index is 12.3. The number of hydrogen-bond acceptors (Lipinski definition) is 2. The van der Waals surface area contributed by atoms with Gasteiger partial charge in [0.1, 0.15) is 0 Å². The summed E-state index contributed by atoms with van der Waals surface area (Å²) in [7, 11) is 0. The normalized spacial score (nSPS) is 16.9. The van der Waals surface area contributed by atoms with E-state index in [0.717, 1.165) is 24.4 Å². The van der Waals surface area contributed by atoms with Crippen molar-refractivity contribution in [1.29, 1.82) is 0 Å². The Hall–Kier alpha value is -1.84. The maximum atomic E-state index is 12.3. The number of halogens is 1. The number of benzene rings is 2. The fourth-order valence-electron chi connectivity index (χ4n) is 2.74. The van der Waals surface area contributed by atoms with Crippen LogP contribution in [0.4, 0.5) is 0 Å². The van der Waals surface area contributed by atoms with Crippen LogP contribution in [-0.4, -0.2) is 18.5 Å². The molecule has 0 aromatic heterocycles. The summed E-state index contributed by atoms with van der Waals surface area (Å²) in [6.45, 7) is 1.39. The highest BCUT2D eigenvalue weighted by molar-refractivity contribution is 6.30. The van der Waals surface area contributed by atoms with Crippen molar-refractivity contribution in [3.8, 4) is 0 Å². The van der Waals surface area contributed by atoms with E-state index in [0.29, 0.717) is 6.54 Å². The Balaban J connectivity index is 1.50. The van der Waals surface area contributed by atoms with E-state index in [4.69, 9.17) is 11.6 Å². The minimum atomic E-state index is -0.139. The van der Waals surface area contributed by atoms with Crippen LogP contribution in [-0.2, 0) is 24.2 Å². The zero-order valence-corrected chi connectivity index (χ0v) is 13.1. The van der Waals surface area contributed by atoms with Gasteiger partial charge in [-0.3, -0.25) is 4.79 Å². The van der Waals surface area contributed by atoms with Gasteiger partial charge in [-0.05, 0) is 41.7 Å². The molecular formula is C18H19ClN2O. The van der Waals surface area contributed by atoms with Gasteiger partial charge in [-0.25, -0.2) is 0 Å². The Morgan fingerprint density at radius 3 is 2.64 bits per heavy atom. The molecule has 1 unspecified atom stereocenters. The second kappa shape index (κ2) is 6.95. The molecule has 3 nitrogen and oxygen atoms in total. The number of carbonyl (C=O) groups excluding carboxylic acids is 1. The first-order valence-corrected chi connectivity index (χ1v) is 7.92. The van der Waals surface area contributed by atoms with Crippen LogP contribution in [0.15, 0.2) is 48.5 Å². The van der Waals surface area contributed by atoms with Crippen molar-refractivity contribution in [3.05, 3.63) is 70.2 Å². The van der Waals surface area contributed by atoms with Crippen molar-refractivity contribution in [3.63, 3.8) is 0 Å². The maximum Gasteiger partial charge on any atom is 0.237 e. The van der Waals surface area contributed by atoms with Gasteiger partial charge in [0.05, 0.1) is 6.04 Å². The summed E-state index contributed by atoms with van der Waals surface area (Å²) in [4.78, 5) is 12.3. The summed E-state index contributed by atoms with van der Waals surface area (Å²) in [5.41, 5.74) is 3.72. The lowest BCUT2D eigenvalue weighted by atomic mass is 9.95. The van der Waals surface area contributed by atoms with Crippen LogP contribution in [0.5, 0.6) is 0 Å². The smallest absolute Gasteiger partial charge is 0.237 e. The molecular weight excluding hydrogens is 296 g/mol. The molecule has 3 rings (SSSR count). The van der Waals surface area contributed by atoms with Gasteiger partial charge < -0.3 is 10.6 Å². The largest absolute Gasteiger partial charge is 0.354 e.